The lowest BCUT2D eigenvalue weighted by Crippen LogP contribution is -2.32. The Labute approximate surface area is 167 Å². The second-order valence-corrected chi connectivity index (χ2v) is 28.0. The van der Waals surface area contributed by atoms with Crippen LogP contribution in [0.15, 0.2) is 30.3 Å². The molecule has 1 atom stereocenters. The van der Waals surface area contributed by atoms with Crippen molar-refractivity contribution in [2.24, 2.45) is 0 Å². The SMILES string of the molecule is C[Si](C)(C)OP(=O)(CP(=O)(O[Si](C)(C)C)O[Si](C)(C)C)Oc1ccccc1. The molecule has 0 saturated heterocycles. The van der Waals surface area contributed by atoms with Crippen LogP contribution in [0.1, 0.15) is 0 Å². The van der Waals surface area contributed by atoms with Crippen LogP contribution in [-0.4, -0.2) is 30.9 Å². The zero-order chi connectivity index (χ0) is 21.1. The van der Waals surface area contributed by atoms with Crippen LogP contribution in [0.3, 0.4) is 0 Å². The molecule has 1 aromatic carbocycles. The highest BCUT2D eigenvalue weighted by Crippen LogP contribution is 2.66. The molecule has 0 spiro atoms. The lowest BCUT2D eigenvalue weighted by Gasteiger charge is -2.34. The summed E-state index contributed by atoms with van der Waals surface area (Å²) in [6.45, 7) is 17.3. The summed E-state index contributed by atoms with van der Waals surface area (Å²) < 4.78 is 50.9. The third-order valence-corrected chi connectivity index (χ3v) is 15.7. The van der Waals surface area contributed by atoms with Crippen molar-refractivity contribution < 1.29 is 26.3 Å². The second kappa shape index (κ2) is 8.80. The number of benzene rings is 1. The first kappa shape index (κ1) is 25.0. The Morgan fingerprint density at radius 3 is 1.41 bits per heavy atom. The van der Waals surface area contributed by atoms with Crippen molar-refractivity contribution in [3.8, 4) is 5.75 Å². The largest absolute Gasteiger partial charge is 0.425 e. The molecule has 6 nitrogen and oxygen atoms in total. The number of para-hydroxylation sites is 1. The first-order chi connectivity index (χ1) is 11.9. The van der Waals surface area contributed by atoms with E-state index < -0.39 is 40.1 Å². The van der Waals surface area contributed by atoms with Crippen LogP contribution in [0.25, 0.3) is 0 Å². The highest BCUT2D eigenvalue weighted by Gasteiger charge is 2.46. The van der Waals surface area contributed by atoms with E-state index in [0.29, 0.717) is 5.75 Å². The molecular formula is C16H34O6P2Si3. The number of hydrogen-bond donors (Lipinski definition) is 0. The third-order valence-electron chi connectivity index (χ3n) is 2.57. The monoisotopic (exact) mass is 468 g/mol. The summed E-state index contributed by atoms with van der Waals surface area (Å²) in [5, 5.41) is 0. The van der Waals surface area contributed by atoms with Crippen molar-refractivity contribution in [2.45, 2.75) is 58.9 Å². The molecule has 11 heteroatoms. The minimum absolute atomic E-state index is 0.381. The zero-order valence-corrected chi connectivity index (χ0v) is 22.7. The maximum Gasteiger partial charge on any atom is 0.381 e. The van der Waals surface area contributed by atoms with Gasteiger partial charge in [0.1, 0.15) is 5.75 Å². The molecule has 0 aliphatic carbocycles. The van der Waals surface area contributed by atoms with Gasteiger partial charge in [0.25, 0.3) is 0 Å². The van der Waals surface area contributed by atoms with E-state index >= 15 is 0 Å². The summed E-state index contributed by atoms with van der Waals surface area (Å²) in [4.78, 5) is 0. The summed E-state index contributed by atoms with van der Waals surface area (Å²) >= 11 is 0. The van der Waals surface area contributed by atoms with E-state index in [1.165, 1.54) is 0 Å². The first-order valence-electron chi connectivity index (χ1n) is 8.96. The van der Waals surface area contributed by atoms with Gasteiger partial charge in [-0.3, -0.25) is 4.57 Å². The molecule has 0 amide bonds. The molecule has 0 aliphatic heterocycles. The van der Waals surface area contributed by atoms with Crippen molar-refractivity contribution in [2.75, 3.05) is 5.90 Å². The Morgan fingerprint density at radius 2 is 1.04 bits per heavy atom. The Balaban J connectivity index is 3.28. The molecule has 1 aromatic rings. The van der Waals surface area contributed by atoms with Gasteiger partial charge in [0, 0.05) is 0 Å². The molecule has 0 radical (unpaired) electrons. The van der Waals surface area contributed by atoms with Crippen LogP contribution in [-0.2, 0) is 21.8 Å². The van der Waals surface area contributed by atoms with Crippen LogP contribution in [0, 0.1) is 0 Å². The molecule has 0 aliphatic rings. The molecule has 0 N–H and O–H groups in total. The van der Waals surface area contributed by atoms with Crippen molar-refractivity contribution in [3.63, 3.8) is 0 Å². The minimum Gasteiger partial charge on any atom is -0.425 e. The second-order valence-electron chi connectivity index (χ2n) is 9.38. The fraction of sp³-hybridized carbons (Fsp3) is 0.625. The molecule has 0 fully saturated rings. The smallest absolute Gasteiger partial charge is 0.381 e. The maximum absolute atomic E-state index is 13.7. The molecule has 27 heavy (non-hydrogen) atoms. The highest BCUT2D eigenvalue weighted by atomic mass is 31.2. The van der Waals surface area contributed by atoms with Crippen LogP contribution < -0.4 is 4.52 Å². The predicted molar refractivity (Wildman–Crippen MR) is 120 cm³/mol. The average Bonchev–Trinajstić information content (AvgIpc) is 2.30. The summed E-state index contributed by atoms with van der Waals surface area (Å²) in [5.74, 6) is 0.0277. The normalized spacial score (nSPS) is 16.0. The van der Waals surface area contributed by atoms with E-state index in [0.717, 1.165) is 0 Å². The van der Waals surface area contributed by atoms with E-state index in [1.54, 1.807) is 24.3 Å². The molecule has 156 valence electrons. The number of hydrogen-bond acceptors (Lipinski definition) is 6. The molecule has 0 bridgehead atoms. The topological polar surface area (TPSA) is 71.1 Å². The first-order valence-corrected chi connectivity index (χ1v) is 22.6. The third kappa shape index (κ3) is 10.9. The fourth-order valence-corrected chi connectivity index (χ4v) is 17.5. The van der Waals surface area contributed by atoms with Crippen LogP contribution in [0.4, 0.5) is 0 Å². The van der Waals surface area contributed by atoms with Crippen molar-refractivity contribution in [1.82, 2.24) is 0 Å². The zero-order valence-electron chi connectivity index (χ0n) is 17.9. The highest BCUT2D eigenvalue weighted by molar-refractivity contribution is 7.73. The van der Waals surface area contributed by atoms with E-state index in [4.69, 9.17) is 17.2 Å². The van der Waals surface area contributed by atoms with Gasteiger partial charge < -0.3 is 17.2 Å². The lowest BCUT2D eigenvalue weighted by molar-refractivity contribution is 0.368. The lowest BCUT2D eigenvalue weighted by atomic mass is 10.3. The Kier molecular flexibility index (Phi) is 8.16. The molecule has 1 rings (SSSR count). The Morgan fingerprint density at radius 1 is 0.667 bits per heavy atom. The van der Waals surface area contributed by atoms with E-state index in [1.807, 2.05) is 65.0 Å². The fourth-order valence-electron chi connectivity index (χ4n) is 2.26. The van der Waals surface area contributed by atoms with Crippen LogP contribution in [0.2, 0.25) is 58.9 Å². The standard InChI is InChI=1S/C16H34O6P2Si3/c1-25(2,3)20-23(17,19-16-13-11-10-12-14-16)15-24(18,21-26(4,5)6)22-27(7,8)9/h10-14H,15H2,1-9H3. The summed E-state index contributed by atoms with van der Waals surface area (Å²) in [6.07, 6.45) is 0. The van der Waals surface area contributed by atoms with Gasteiger partial charge in [0.2, 0.25) is 0 Å². The van der Waals surface area contributed by atoms with Crippen molar-refractivity contribution >= 4 is 40.1 Å². The van der Waals surface area contributed by atoms with Gasteiger partial charge in [-0.25, -0.2) is 4.57 Å². The number of rotatable bonds is 10. The summed E-state index contributed by atoms with van der Waals surface area (Å²) in [5.41, 5.74) is 0. The predicted octanol–water partition coefficient (Wildman–Crippen LogP) is 6.96. The summed E-state index contributed by atoms with van der Waals surface area (Å²) in [6, 6.07) is 8.80. The maximum atomic E-state index is 13.7. The Bertz CT molecular complexity index is 688. The molecule has 0 heterocycles. The van der Waals surface area contributed by atoms with Gasteiger partial charge in [-0.2, -0.15) is 0 Å². The molecule has 1 unspecified atom stereocenters. The van der Waals surface area contributed by atoms with E-state index in [2.05, 4.69) is 0 Å². The van der Waals surface area contributed by atoms with Gasteiger partial charge in [-0.1, -0.05) is 18.2 Å². The van der Waals surface area contributed by atoms with Crippen molar-refractivity contribution in [1.29, 1.82) is 0 Å². The van der Waals surface area contributed by atoms with Gasteiger partial charge >= 0.3 is 15.2 Å². The van der Waals surface area contributed by atoms with E-state index in [9.17, 15) is 9.13 Å². The molecule has 0 aromatic heterocycles. The van der Waals surface area contributed by atoms with Gasteiger partial charge in [0.15, 0.2) is 30.9 Å². The Hall–Kier alpha value is 0.0106. The minimum atomic E-state index is -3.76. The molecule has 0 saturated carbocycles. The molecular weight excluding hydrogens is 434 g/mol. The van der Waals surface area contributed by atoms with Gasteiger partial charge in [-0.15, -0.1) is 0 Å². The van der Waals surface area contributed by atoms with Crippen LogP contribution in [0.5, 0.6) is 5.75 Å². The average molecular weight is 469 g/mol. The van der Waals surface area contributed by atoms with E-state index in [-0.39, 0.29) is 5.90 Å². The van der Waals surface area contributed by atoms with Crippen LogP contribution >= 0.6 is 15.2 Å². The quantitative estimate of drug-likeness (QED) is 0.273. The van der Waals surface area contributed by atoms with Gasteiger partial charge in [-0.05, 0) is 71.1 Å². The summed E-state index contributed by atoms with van der Waals surface area (Å²) in [7, 11) is -14.2. The van der Waals surface area contributed by atoms with Crippen molar-refractivity contribution in [3.05, 3.63) is 30.3 Å². The van der Waals surface area contributed by atoms with Gasteiger partial charge in [0.05, 0.1) is 0 Å².